The first kappa shape index (κ1) is 18.3. The Labute approximate surface area is 154 Å². The van der Waals surface area contributed by atoms with Crippen LogP contribution in [-0.2, 0) is 16.1 Å². The minimum absolute atomic E-state index is 0.0571. The highest BCUT2D eigenvalue weighted by molar-refractivity contribution is 5.81. The SMILES string of the molecule is COc1cc([C@@H](C)NC(=O)[C@@H]2CCCO2)ccc1OCc1ccccc1. The lowest BCUT2D eigenvalue weighted by molar-refractivity contribution is -0.130. The van der Waals surface area contributed by atoms with E-state index >= 15 is 0 Å². The molecule has 1 saturated heterocycles. The lowest BCUT2D eigenvalue weighted by Crippen LogP contribution is -2.35. The van der Waals surface area contributed by atoms with Crippen molar-refractivity contribution in [1.82, 2.24) is 5.32 Å². The average molecular weight is 355 g/mol. The Morgan fingerprint density at radius 1 is 1.23 bits per heavy atom. The molecule has 1 aliphatic rings. The van der Waals surface area contributed by atoms with E-state index in [9.17, 15) is 4.79 Å². The van der Waals surface area contributed by atoms with Crippen molar-refractivity contribution in [3.8, 4) is 11.5 Å². The largest absolute Gasteiger partial charge is 0.493 e. The summed E-state index contributed by atoms with van der Waals surface area (Å²) >= 11 is 0. The van der Waals surface area contributed by atoms with Gasteiger partial charge in [-0.1, -0.05) is 36.4 Å². The van der Waals surface area contributed by atoms with Crippen LogP contribution in [0.5, 0.6) is 11.5 Å². The standard InChI is InChI=1S/C21H25NO4/c1-15(22-21(23)19-9-6-12-25-19)17-10-11-18(20(13-17)24-2)26-14-16-7-4-3-5-8-16/h3-5,7-8,10-11,13,15,19H,6,9,12,14H2,1-2H3,(H,22,23)/t15-,19+/m1/s1. The van der Waals surface area contributed by atoms with Crippen molar-refractivity contribution in [2.45, 2.75) is 38.5 Å². The van der Waals surface area contributed by atoms with E-state index < -0.39 is 0 Å². The second-order valence-electron chi connectivity index (χ2n) is 6.42. The summed E-state index contributed by atoms with van der Waals surface area (Å²) in [5.74, 6) is 1.27. The molecule has 0 aliphatic carbocycles. The van der Waals surface area contributed by atoms with Gasteiger partial charge in [0.15, 0.2) is 11.5 Å². The quantitative estimate of drug-likeness (QED) is 0.824. The molecular weight excluding hydrogens is 330 g/mol. The number of carbonyl (C=O) groups excluding carboxylic acids is 1. The molecular formula is C21H25NO4. The third-order valence-electron chi connectivity index (χ3n) is 4.51. The van der Waals surface area contributed by atoms with E-state index in [4.69, 9.17) is 14.2 Å². The van der Waals surface area contributed by atoms with E-state index in [2.05, 4.69) is 5.32 Å². The van der Waals surface area contributed by atoms with Crippen LogP contribution in [-0.4, -0.2) is 25.7 Å². The molecule has 5 heteroatoms. The Morgan fingerprint density at radius 3 is 2.73 bits per heavy atom. The maximum Gasteiger partial charge on any atom is 0.249 e. The fourth-order valence-corrected chi connectivity index (χ4v) is 2.98. The van der Waals surface area contributed by atoms with E-state index in [0.717, 1.165) is 24.0 Å². The minimum atomic E-state index is -0.326. The van der Waals surface area contributed by atoms with Gasteiger partial charge in [-0.05, 0) is 43.0 Å². The predicted octanol–water partition coefficient (Wildman–Crippen LogP) is 3.63. The number of carbonyl (C=O) groups is 1. The highest BCUT2D eigenvalue weighted by Gasteiger charge is 2.25. The Balaban J connectivity index is 1.64. The van der Waals surface area contributed by atoms with Crippen molar-refractivity contribution >= 4 is 5.91 Å². The lowest BCUT2D eigenvalue weighted by atomic mass is 10.1. The number of amides is 1. The van der Waals surface area contributed by atoms with Crippen LogP contribution in [0.4, 0.5) is 0 Å². The van der Waals surface area contributed by atoms with Gasteiger partial charge in [-0.25, -0.2) is 0 Å². The molecule has 0 bridgehead atoms. The van der Waals surface area contributed by atoms with Crippen molar-refractivity contribution in [2.24, 2.45) is 0 Å². The molecule has 0 spiro atoms. The molecule has 2 aromatic carbocycles. The monoisotopic (exact) mass is 355 g/mol. The summed E-state index contributed by atoms with van der Waals surface area (Å²) in [5, 5.41) is 3.01. The molecule has 1 aliphatic heterocycles. The van der Waals surface area contributed by atoms with Gasteiger partial charge in [-0.2, -0.15) is 0 Å². The van der Waals surface area contributed by atoms with Crippen molar-refractivity contribution in [2.75, 3.05) is 13.7 Å². The average Bonchev–Trinajstić information content (AvgIpc) is 3.22. The van der Waals surface area contributed by atoms with Crippen molar-refractivity contribution in [1.29, 1.82) is 0 Å². The van der Waals surface area contributed by atoms with Gasteiger partial charge >= 0.3 is 0 Å². The topological polar surface area (TPSA) is 56.8 Å². The summed E-state index contributed by atoms with van der Waals surface area (Å²) in [6, 6.07) is 15.6. The molecule has 0 saturated carbocycles. The van der Waals surface area contributed by atoms with E-state index in [-0.39, 0.29) is 18.1 Å². The number of benzene rings is 2. The van der Waals surface area contributed by atoms with Gasteiger partial charge in [0, 0.05) is 6.61 Å². The van der Waals surface area contributed by atoms with Gasteiger partial charge in [0.05, 0.1) is 13.2 Å². The third-order valence-corrected chi connectivity index (χ3v) is 4.51. The van der Waals surface area contributed by atoms with Crippen molar-refractivity contribution < 1.29 is 19.0 Å². The highest BCUT2D eigenvalue weighted by Crippen LogP contribution is 2.31. The van der Waals surface area contributed by atoms with E-state index in [1.165, 1.54) is 0 Å². The molecule has 5 nitrogen and oxygen atoms in total. The molecule has 2 atom stereocenters. The number of nitrogens with one attached hydrogen (secondary N) is 1. The van der Waals surface area contributed by atoms with Gasteiger partial charge in [-0.3, -0.25) is 4.79 Å². The third kappa shape index (κ3) is 4.55. The second kappa shape index (κ2) is 8.72. The molecule has 0 aromatic heterocycles. The zero-order valence-electron chi connectivity index (χ0n) is 15.2. The maximum absolute atomic E-state index is 12.2. The van der Waals surface area contributed by atoms with Crippen LogP contribution < -0.4 is 14.8 Å². The number of methoxy groups -OCH3 is 1. The molecule has 0 radical (unpaired) electrons. The highest BCUT2D eigenvalue weighted by atomic mass is 16.5. The van der Waals surface area contributed by atoms with Crippen LogP contribution in [0.15, 0.2) is 48.5 Å². The first-order chi connectivity index (χ1) is 12.7. The summed E-state index contributed by atoms with van der Waals surface area (Å²) in [5.41, 5.74) is 2.05. The fraction of sp³-hybridized carbons (Fsp3) is 0.381. The second-order valence-corrected chi connectivity index (χ2v) is 6.42. The van der Waals surface area contributed by atoms with E-state index in [1.54, 1.807) is 7.11 Å². The first-order valence-electron chi connectivity index (χ1n) is 8.94. The number of hydrogen-bond acceptors (Lipinski definition) is 4. The summed E-state index contributed by atoms with van der Waals surface area (Å²) in [7, 11) is 1.62. The summed E-state index contributed by atoms with van der Waals surface area (Å²) in [6.45, 7) is 3.09. The van der Waals surface area contributed by atoms with Crippen LogP contribution in [0, 0.1) is 0 Å². The number of ether oxygens (including phenoxy) is 3. The van der Waals surface area contributed by atoms with Crippen LogP contribution in [0.1, 0.15) is 36.9 Å². The molecule has 1 heterocycles. The normalized spacial score (nSPS) is 17.5. The van der Waals surface area contributed by atoms with Crippen molar-refractivity contribution in [3.05, 3.63) is 59.7 Å². The molecule has 1 amide bonds. The van der Waals surface area contributed by atoms with E-state index in [1.807, 2.05) is 55.5 Å². The molecule has 1 N–H and O–H groups in total. The minimum Gasteiger partial charge on any atom is -0.493 e. The fourth-order valence-electron chi connectivity index (χ4n) is 2.98. The van der Waals surface area contributed by atoms with Crippen LogP contribution in [0.3, 0.4) is 0 Å². The summed E-state index contributed by atoms with van der Waals surface area (Å²) in [6.07, 6.45) is 1.40. The molecule has 1 fully saturated rings. The molecule has 138 valence electrons. The van der Waals surface area contributed by atoms with Gasteiger partial charge in [0.25, 0.3) is 0 Å². The van der Waals surface area contributed by atoms with E-state index in [0.29, 0.717) is 24.7 Å². The first-order valence-corrected chi connectivity index (χ1v) is 8.94. The number of rotatable bonds is 7. The predicted molar refractivity (Wildman–Crippen MR) is 99.3 cm³/mol. The lowest BCUT2D eigenvalue weighted by Gasteiger charge is -2.19. The number of hydrogen-bond donors (Lipinski definition) is 1. The zero-order valence-corrected chi connectivity index (χ0v) is 15.2. The molecule has 3 rings (SSSR count). The Morgan fingerprint density at radius 2 is 2.04 bits per heavy atom. The van der Waals surface area contributed by atoms with Gasteiger partial charge < -0.3 is 19.5 Å². The van der Waals surface area contributed by atoms with Crippen LogP contribution >= 0.6 is 0 Å². The van der Waals surface area contributed by atoms with Crippen LogP contribution in [0.2, 0.25) is 0 Å². The van der Waals surface area contributed by atoms with Gasteiger partial charge in [0.1, 0.15) is 12.7 Å². The van der Waals surface area contributed by atoms with Gasteiger partial charge in [-0.15, -0.1) is 0 Å². The smallest absolute Gasteiger partial charge is 0.249 e. The molecule has 0 unspecified atom stereocenters. The summed E-state index contributed by atoms with van der Waals surface area (Å²) in [4.78, 5) is 12.2. The van der Waals surface area contributed by atoms with Crippen LogP contribution in [0.25, 0.3) is 0 Å². The zero-order chi connectivity index (χ0) is 18.4. The van der Waals surface area contributed by atoms with Crippen molar-refractivity contribution in [3.63, 3.8) is 0 Å². The van der Waals surface area contributed by atoms with Gasteiger partial charge in [0.2, 0.25) is 5.91 Å². The molecule has 26 heavy (non-hydrogen) atoms. The Bertz CT molecular complexity index is 726. The Hall–Kier alpha value is -2.53. The Kier molecular flexibility index (Phi) is 6.12. The maximum atomic E-state index is 12.2. The molecule has 2 aromatic rings. The summed E-state index contributed by atoms with van der Waals surface area (Å²) < 4.78 is 16.8.